The van der Waals surface area contributed by atoms with Gasteiger partial charge in [-0.15, -0.1) is 0 Å². The van der Waals surface area contributed by atoms with E-state index in [0.717, 1.165) is 44.2 Å². The molecule has 1 N–H and O–H groups in total. The highest BCUT2D eigenvalue weighted by Crippen LogP contribution is 2.21. The quantitative estimate of drug-likeness (QED) is 0.564. The molecule has 2 fully saturated rings. The fraction of sp³-hybridized carbons (Fsp3) is 0.519. The van der Waals surface area contributed by atoms with Crippen LogP contribution in [0.15, 0.2) is 48.5 Å². The lowest BCUT2D eigenvalue weighted by molar-refractivity contribution is -0.132. The van der Waals surface area contributed by atoms with Crippen molar-refractivity contribution in [2.24, 2.45) is 0 Å². The summed E-state index contributed by atoms with van der Waals surface area (Å²) in [7, 11) is 0. The van der Waals surface area contributed by atoms with Crippen LogP contribution >= 0.6 is 0 Å². The molecule has 2 aromatic rings. The normalized spacial score (nSPS) is 21.7. The minimum absolute atomic E-state index is 0.00513. The summed E-state index contributed by atoms with van der Waals surface area (Å²) in [6.45, 7) is 8.77. The van der Waals surface area contributed by atoms with Gasteiger partial charge in [-0.1, -0.05) is 12.1 Å². The smallest absolute Gasteiger partial charge is 0.219 e. The van der Waals surface area contributed by atoms with E-state index >= 15 is 0 Å². The summed E-state index contributed by atoms with van der Waals surface area (Å²) in [4.78, 5) is 18.2. The van der Waals surface area contributed by atoms with E-state index in [9.17, 15) is 14.3 Å². The first-order valence-corrected chi connectivity index (χ1v) is 12.5. The molecule has 1 atom stereocenters. The predicted octanol–water partition coefficient (Wildman–Crippen LogP) is 2.01. The molecule has 36 heavy (non-hydrogen) atoms. The highest BCUT2D eigenvalue weighted by Gasteiger charge is 2.36. The molecule has 0 bridgehead atoms. The molecule has 8 nitrogen and oxygen atoms in total. The Labute approximate surface area is 212 Å². The highest BCUT2D eigenvalue weighted by molar-refractivity contribution is 5.73. The van der Waals surface area contributed by atoms with Crippen LogP contribution in [0, 0.1) is 5.82 Å². The number of hydrogen-bond acceptors (Lipinski definition) is 7. The number of halogens is 1. The van der Waals surface area contributed by atoms with E-state index in [1.54, 1.807) is 4.90 Å². The SMILES string of the molecule is CC(=O)N1CCN(Cc2ccc(OCCN3CCOCC3)cc2)C[C@@](O)(COc2ccc(F)cc2)C1. The molecule has 2 aliphatic rings. The summed E-state index contributed by atoms with van der Waals surface area (Å²) in [5.41, 5.74) is -0.173. The summed E-state index contributed by atoms with van der Waals surface area (Å²) in [5, 5.41) is 11.4. The van der Waals surface area contributed by atoms with Gasteiger partial charge in [0.1, 0.15) is 36.1 Å². The number of rotatable bonds is 9. The molecule has 1 amide bonds. The molecule has 2 heterocycles. The van der Waals surface area contributed by atoms with Crippen molar-refractivity contribution in [2.75, 3.05) is 72.2 Å². The van der Waals surface area contributed by atoms with Gasteiger partial charge in [0.25, 0.3) is 0 Å². The molecule has 2 aromatic carbocycles. The number of hydrogen-bond donors (Lipinski definition) is 1. The Morgan fingerprint density at radius 2 is 1.61 bits per heavy atom. The molecule has 0 unspecified atom stereocenters. The first-order chi connectivity index (χ1) is 17.4. The lowest BCUT2D eigenvalue weighted by Gasteiger charge is -2.32. The van der Waals surface area contributed by atoms with E-state index in [2.05, 4.69) is 9.80 Å². The van der Waals surface area contributed by atoms with Crippen LogP contribution in [0.4, 0.5) is 4.39 Å². The zero-order valence-electron chi connectivity index (χ0n) is 20.9. The van der Waals surface area contributed by atoms with Gasteiger partial charge in [0.2, 0.25) is 5.91 Å². The standard InChI is InChI=1S/C27H36FN3O5/c1-22(32)31-11-10-30(19-27(33,20-31)21-36-26-8-4-24(28)5-9-26)18-23-2-6-25(7-3-23)35-17-14-29-12-15-34-16-13-29/h2-9,33H,10-21H2,1H3/t27-/m0/s1. The van der Waals surface area contributed by atoms with Crippen molar-refractivity contribution in [1.29, 1.82) is 0 Å². The zero-order chi connectivity index (χ0) is 25.4. The molecule has 0 aliphatic carbocycles. The van der Waals surface area contributed by atoms with Gasteiger partial charge in [-0.2, -0.15) is 0 Å². The second kappa shape index (κ2) is 12.5. The van der Waals surface area contributed by atoms with Crippen molar-refractivity contribution in [1.82, 2.24) is 14.7 Å². The molecular formula is C27H36FN3O5. The van der Waals surface area contributed by atoms with E-state index < -0.39 is 5.60 Å². The van der Waals surface area contributed by atoms with E-state index in [4.69, 9.17) is 14.2 Å². The van der Waals surface area contributed by atoms with E-state index in [1.807, 2.05) is 24.3 Å². The van der Waals surface area contributed by atoms with Crippen molar-refractivity contribution >= 4 is 5.91 Å². The summed E-state index contributed by atoms with van der Waals surface area (Å²) in [5.74, 6) is 0.864. The summed E-state index contributed by atoms with van der Waals surface area (Å²) in [6, 6.07) is 13.7. The Morgan fingerprint density at radius 1 is 0.944 bits per heavy atom. The molecule has 2 saturated heterocycles. The summed E-state index contributed by atoms with van der Waals surface area (Å²) < 4.78 is 30.3. The second-order valence-electron chi connectivity index (χ2n) is 9.56. The lowest BCUT2D eigenvalue weighted by atomic mass is 10.0. The van der Waals surface area contributed by atoms with Crippen LogP contribution in [-0.2, 0) is 16.1 Å². The van der Waals surface area contributed by atoms with Gasteiger partial charge >= 0.3 is 0 Å². The van der Waals surface area contributed by atoms with Gasteiger partial charge in [-0.3, -0.25) is 14.6 Å². The summed E-state index contributed by atoms with van der Waals surface area (Å²) in [6.07, 6.45) is 0. The number of carbonyl (C=O) groups is 1. The summed E-state index contributed by atoms with van der Waals surface area (Å²) >= 11 is 0. The number of benzene rings is 2. The monoisotopic (exact) mass is 501 g/mol. The van der Waals surface area contributed by atoms with E-state index in [1.165, 1.54) is 31.2 Å². The Hall–Kier alpha value is -2.72. The van der Waals surface area contributed by atoms with Crippen molar-refractivity contribution in [3.63, 3.8) is 0 Å². The third kappa shape index (κ3) is 7.89. The average molecular weight is 502 g/mol. The van der Waals surface area contributed by atoms with Gasteiger partial charge in [-0.05, 0) is 42.0 Å². The predicted molar refractivity (Wildman–Crippen MR) is 134 cm³/mol. The van der Waals surface area contributed by atoms with E-state index in [-0.39, 0.29) is 24.9 Å². The van der Waals surface area contributed by atoms with Gasteiger partial charge < -0.3 is 24.2 Å². The molecular weight excluding hydrogens is 465 g/mol. The van der Waals surface area contributed by atoms with Crippen LogP contribution in [0.5, 0.6) is 11.5 Å². The Morgan fingerprint density at radius 3 is 2.31 bits per heavy atom. The zero-order valence-corrected chi connectivity index (χ0v) is 20.9. The van der Waals surface area contributed by atoms with Gasteiger partial charge in [0.15, 0.2) is 0 Å². The maximum Gasteiger partial charge on any atom is 0.219 e. The number of β-amino-alcohol motifs (C(OH)–C–C–N with tert-alkyl or cyclic N) is 1. The molecule has 0 spiro atoms. The Bertz CT molecular complexity index is 968. The van der Waals surface area contributed by atoms with Crippen LogP contribution in [0.1, 0.15) is 12.5 Å². The fourth-order valence-corrected chi connectivity index (χ4v) is 4.55. The number of aliphatic hydroxyl groups is 1. The maximum atomic E-state index is 13.2. The van der Waals surface area contributed by atoms with Crippen molar-refractivity contribution < 1.29 is 28.5 Å². The molecule has 9 heteroatoms. The van der Waals surface area contributed by atoms with Crippen LogP contribution in [0.2, 0.25) is 0 Å². The highest BCUT2D eigenvalue weighted by atomic mass is 19.1. The van der Waals surface area contributed by atoms with Gasteiger partial charge in [0.05, 0.1) is 19.8 Å². The Balaban J connectivity index is 1.32. The number of morpholine rings is 1. The van der Waals surface area contributed by atoms with Crippen LogP contribution in [-0.4, -0.2) is 104 Å². The fourth-order valence-electron chi connectivity index (χ4n) is 4.55. The van der Waals surface area contributed by atoms with Crippen LogP contribution in [0.25, 0.3) is 0 Å². The van der Waals surface area contributed by atoms with Crippen LogP contribution < -0.4 is 9.47 Å². The minimum Gasteiger partial charge on any atom is -0.492 e. The first kappa shape index (κ1) is 26.3. The molecule has 4 rings (SSSR count). The van der Waals surface area contributed by atoms with Gasteiger partial charge in [0, 0.05) is 52.7 Å². The lowest BCUT2D eigenvalue weighted by Crippen LogP contribution is -2.51. The first-order valence-electron chi connectivity index (χ1n) is 12.5. The van der Waals surface area contributed by atoms with E-state index in [0.29, 0.717) is 38.5 Å². The second-order valence-corrected chi connectivity index (χ2v) is 9.56. The number of carbonyl (C=O) groups excluding carboxylic acids is 1. The molecule has 0 saturated carbocycles. The van der Waals surface area contributed by atoms with Crippen molar-refractivity contribution in [3.8, 4) is 11.5 Å². The number of nitrogens with zero attached hydrogens (tertiary/aromatic N) is 3. The maximum absolute atomic E-state index is 13.2. The largest absolute Gasteiger partial charge is 0.492 e. The molecule has 196 valence electrons. The average Bonchev–Trinajstić information content (AvgIpc) is 3.04. The molecule has 0 aromatic heterocycles. The third-order valence-corrected chi connectivity index (χ3v) is 6.57. The van der Waals surface area contributed by atoms with Crippen LogP contribution in [0.3, 0.4) is 0 Å². The number of ether oxygens (including phenoxy) is 3. The molecule has 2 aliphatic heterocycles. The Kier molecular flexibility index (Phi) is 9.14. The van der Waals surface area contributed by atoms with Gasteiger partial charge in [-0.25, -0.2) is 4.39 Å². The van der Waals surface area contributed by atoms with Crippen molar-refractivity contribution in [2.45, 2.75) is 19.1 Å². The van der Waals surface area contributed by atoms with Crippen molar-refractivity contribution in [3.05, 3.63) is 59.9 Å². The minimum atomic E-state index is -1.26. The third-order valence-electron chi connectivity index (χ3n) is 6.57. The number of amides is 1. The molecule has 0 radical (unpaired) electrons. The topological polar surface area (TPSA) is 74.7 Å².